The maximum Gasteiger partial charge on any atom is 0.164 e. The molecule has 44 heavy (non-hydrogen) atoms. The fraction of sp³-hybridized carbons (Fsp3) is 0. The zero-order chi connectivity index (χ0) is 38.6. The monoisotopic (exact) mass is 592 g/mol. The van der Waals surface area contributed by atoms with Gasteiger partial charge in [-0.25, -0.2) is 15.0 Å². The Morgan fingerprint density at radius 1 is 0.523 bits per heavy atom. The van der Waals surface area contributed by atoms with Crippen LogP contribution in [0.5, 0.6) is 0 Å². The van der Waals surface area contributed by atoms with Crippen LogP contribution in [-0.4, -0.2) is 15.0 Å². The summed E-state index contributed by atoms with van der Waals surface area (Å²) in [5.74, 6) is -0.469. The average Bonchev–Trinajstić information content (AvgIpc) is 3.77. The Hall–Kier alpha value is -5.65. The molecule has 3 aromatic heterocycles. The second-order valence-electron chi connectivity index (χ2n) is 9.99. The summed E-state index contributed by atoms with van der Waals surface area (Å²) >= 11 is 1.05. The summed E-state index contributed by atoms with van der Waals surface area (Å²) in [6.07, 6.45) is 0. The van der Waals surface area contributed by atoms with E-state index in [1.165, 1.54) is 0 Å². The van der Waals surface area contributed by atoms with Gasteiger partial charge in [0.25, 0.3) is 0 Å². The molecule has 9 aromatic rings. The minimum atomic E-state index is -0.593. The molecule has 4 nitrogen and oxygen atoms in total. The SMILES string of the molecule is [2H]c1c([2H])c([2H])c(-c2nc(-c3ccccc3)nc(-c3c([2H])c([2H])c4c(sc5c(-c6ccc7c(c6)oc6ccccc67)c([2H])c([2H])c([2H])c54)c3[2H])n2)c([2H])c1[2H]. The highest BCUT2D eigenvalue weighted by Gasteiger charge is 2.16. The first-order chi connectivity index (χ1) is 26.4. The predicted octanol–water partition coefficient (Wildman–Crippen LogP) is 10.8. The van der Waals surface area contributed by atoms with Crippen molar-refractivity contribution in [3.63, 3.8) is 0 Å². The van der Waals surface area contributed by atoms with Crippen molar-refractivity contribution >= 4 is 53.4 Å². The van der Waals surface area contributed by atoms with Crippen molar-refractivity contribution in [1.29, 1.82) is 0 Å². The molecule has 6 aromatic carbocycles. The Kier molecular flexibility index (Phi) is 3.69. The Balaban J connectivity index is 1.33. The van der Waals surface area contributed by atoms with E-state index in [9.17, 15) is 4.11 Å². The van der Waals surface area contributed by atoms with Gasteiger partial charge >= 0.3 is 0 Å². The summed E-state index contributed by atoms with van der Waals surface area (Å²) in [6, 6.07) is 16.9. The minimum Gasteiger partial charge on any atom is -0.456 e. The van der Waals surface area contributed by atoms with Crippen LogP contribution >= 0.6 is 11.3 Å². The maximum atomic E-state index is 9.48. The molecule has 0 aliphatic carbocycles. The number of hydrogen-bond acceptors (Lipinski definition) is 5. The van der Waals surface area contributed by atoms with Crippen LogP contribution in [0, 0.1) is 0 Å². The van der Waals surface area contributed by atoms with E-state index in [2.05, 4.69) is 15.0 Å². The maximum absolute atomic E-state index is 9.48. The largest absolute Gasteiger partial charge is 0.456 e. The molecule has 206 valence electrons. The molecular weight excluding hydrogens is 559 g/mol. The van der Waals surface area contributed by atoms with E-state index in [-0.39, 0.29) is 74.3 Å². The lowest BCUT2D eigenvalue weighted by Crippen LogP contribution is -1.99. The van der Waals surface area contributed by atoms with Crippen molar-refractivity contribution in [3.05, 3.63) is 139 Å². The molecule has 0 bridgehead atoms. The first-order valence-corrected chi connectivity index (χ1v) is 14.5. The molecule has 0 radical (unpaired) electrons. The van der Waals surface area contributed by atoms with Crippen LogP contribution in [0.3, 0.4) is 0 Å². The van der Waals surface area contributed by atoms with E-state index in [1.807, 2.05) is 36.4 Å². The fourth-order valence-electron chi connectivity index (χ4n) is 5.29. The van der Waals surface area contributed by atoms with Gasteiger partial charge in [-0.1, -0.05) is 115 Å². The van der Waals surface area contributed by atoms with E-state index < -0.39 is 36.3 Å². The molecule has 0 spiro atoms. The van der Waals surface area contributed by atoms with Gasteiger partial charge in [-0.05, 0) is 35.4 Å². The summed E-state index contributed by atoms with van der Waals surface area (Å²) in [4.78, 5) is 13.6. The predicted molar refractivity (Wildman–Crippen MR) is 182 cm³/mol. The lowest BCUT2D eigenvalue weighted by atomic mass is 10.0. The molecule has 0 N–H and O–H groups in total. The van der Waals surface area contributed by atoms with Gasteiger partial charge in [0.2, 0.25) is 0 Å². The third-order valence-electron chi connectivity index (χ3n) is 7.34. The van der Waals surface area contributed by atoms with Crippen LogP contribution in [0.4, 0.5) is 0 Å². The first kappa shape index (κ1) is 16.3. The molecule has 0 aliphatic rings. The Labute approximate surface area is 272 Å². The Morgan fingerprint density at radius 3 is 2.14 bits per heavy atom. The second kappa shape index (κ2) is 9.97. The van der Waals surface area contributed by atoms with Gasteiger partial charge in [-0.15, -0.1) is 11.3 Å². The van der Waals surface area contributed by atoms with Crippen LogP contribution in [0.15, 0.2) is 144 Å². The van der Waals surface area contributed by atoms with Crippen molar-refractivity contribution in [1.82, 2.24) is 15.0 Å². The Bertz CT molecular complexity index is 3100. The van der Waals surface area contributed by atoms with E-state index in [4.69, 9.17) is 15.4 Å². The topological polar surface area (TPSA) is 51.8 Å². The fourth-order valence-corrected chi connectivity index (χ4v) is 6.43. The van der Waals surface area contributed by atoms with E-state index in [1.54, 1.807) is 36.4 Å². The van der Waals surface area contributed by atoms with Gasteiger partial charge < -0.3 is 4.42 Å². The average molecular weight is 593 g/mol. The summed E-state index contributed by atoms with van der Waals surface area (Å²) in [7, 11) is 0. The van der Waals surface area contributed by atoms with Gasteiger partial charge in [0.1, 0.15) is 11.2 Å². The van der Waals surface area contributed by atoms with Gasteiger partial charge in [0.15, 0.2) is 17.5 Å². The van der Waals surface area contributed by atoms with E-state index in [0.717, 1.165) is 22.1 Å². The molecule has 0 saturated heterocycles. The summed E-state index contributed by atoms with van der Waals surface area (Å²) in [5, 5.41) is 2.05. The molecule has 3 heterocycles. The number of hydrogen-bond donors (Lipinski definition) is 0. The third-order valence-corrected chi connectivity index (χ3v) is 8.47. The van der Waals surface area contributed by atoms with Crippen LogP contribution in [-0.2, 0) is 0 Å². The van der Waals surface area contributed by atoms with E-state index in [0.29, 0.717) is 32.6 Å². The molecule has 0 aliphatic heterocycles. The smallest absolute Gasteiger partial charge is 0.164 e. The molecule has 0 atom stereocenters. The number of para-hydroxylation sites is 1. The summed E-state index contributed by atoms with van der Waals surface area (Å²) < 4.78 is 103. The zero-order valence-electron chi connectivity index (χ0n) is 33.6. The highest BCUT2D eigenvalue weighted by Crippen LogP contribution is 2.42. The molecule has 0 amide bonds. The van der Waals surface area contributed by atoms with Crippen molar-refractivity contribution in [2.75, 3.05) is 0 Å². The molecule has 9 rings (SSSR count). The van der Waals surface area contributed by atoms with Gasteiger partial charge in [-0.3, -0.25) is 0 Å². The van der Waals surface area contributed by atoms with E-state index >= 15 is 0 Å². The summed E-state index contributed by atoms with van der Waals surface area (Å²) in [5.41, 5.74) is 2.13. The highest BCUT2D eigenvalue weighted by atomic mass is 32.1. The third kappa shape index (κ3) is 4.09. The standard InChI is InChI=1S/C39H23N3OS/c1-3-10-24(11-4-1)37-40-38(25-12-5-2-6-13-25)42-39(41-37)27-19-21-31-32-16-9-15-28(36(32)44-35(31)23-27)26-18-20-30-29-14-7-8-17-33(29)43-34(30)22-26/h1-23H/i1D,3D,4D,9D,10D,11D,15D,16D,19D,21D,23D. The van der Waals surface area contributed by atoms with Crippen molar-refractivity contribution in [3.8, 4) is 45.3 Å². The number of aromatic nitrogens is 3. The molecule has 5 heteroatoms. The number of benzene rings is 6. The van der Waals surface area contributed by atoms with Gasteiger partial charge in [-0.2, -0.15) is 0 Å². The summed E-state index contributed by atoms with van der Waals surface area (Å²) in [6.45, 7) is 0. The first-order valence-electron chi connectivity index (χ1n) is 19.1. The minimum absolute atomic E-state index is 0.0450. The number of rotatable bonds is 4. The molecular formula is C39H23N3OS. The molecule has 0 saturated carbocycles. The number of nitrogens with zero attached hydrogens (tertiary/aromatic N) is 3. The van der Waals surface area contributed by atoms with Crippen molar-refractivity contribution in [2.24, 2.45) is 0 Å². The highest BCUT2D eigenvalue weighted by molar-refractivity contribution is 7.26. The normalized spacial score (nSPS) is 15.1. The van der Waals surface area contributed by atoms with Crippen LogP contribution in [0.1, 0.15) is 15.1 Å². The lowest BCUT2D eigenvalue weighted by Gasteiger charge is -2.08. The number of furan rings is 1. The quantitative estimate of drug-likeness (QED) is 0.204. The van der Waals surface area contributed by atoms with Gasteiger partial charge in [0, 0.05) is 47.6 Å². The van der Waals surface area contributed by atoms with Crippen molar-refractivity contribution in [2.45, 2.75) is 0 Å². The Morgan fingerprint density at radius 2 is 1.27 bits per heavy atom. The van der Waals surface area contributed by atoms with Crippen LogP contribution in [0.25, 0.3) is 87.4 Å². The molecule has 0 unspecified atom stereocenters. The zero-order valence-corrected chi connectivity index (χ0v) is 23.4. The number of thiophene rings is 1. The second-order valence-corrected chi connectivity index (χ2v) is 11.0. The van der Waals surface area contributed by atoms with Crippen molar-refractivity contribution < 1.29 is 19.5 Å². The molecule has 0 fully saturated rings. The lowest BCUT2D eigenvalue weighted by molar-refractivity contribution is 0.669. The number of fused-ring (bicyclic) bond motifs is 6. The van der Waals surface area contributed by atoms with Gasteiger partial charge in [0.05, 0.1) is 15.1 Å². The van der Waals surface area contributed by atoms with Crippen LogP contribution in [0.2, 0.25) is 0 Å². The van der Waals surface area contributed by atoms with Crippen LogP contribution < -0.4 is 0 Å².